The number of benzene rings is 9. The van der Waals surface area contributed by atoms with Gasteiger partial charge in [-0.05, 0) is 109 Å². The number of hydrogen-bond acceptors (Lipinski definition) is 2. The molecule has 0 N–H and O–H groups in total. The topological polar surface area (TPSA) is 3.24 Å². The van der Waals surface area contributed by atoms with E-state index in [0.717, 1.165) is 17.1 Å². The van der Waals surface area contributed by atoms with Crippen molar-refractivity contribution in [2.75, 3.05) is 4.90 Å². The summed E-state index contributed by atoms with van der Waals surface area (Å²) in [6.07, 6.45) is 0. The van der Waals surface area contributed by atoms with Crippen molar-refractivity contribution >= 4 is 59.3 Å². The van der Waals surface area contributed by atoms with Gasteiger partial charge in [0.1, 0.15) is 0 Å². The smallest absolute Gasteiger partial charge is 0.0465 e. The largest absolute Gasteiger partial charge is 0.310 e. The molecule has 1 nitrogen and oxygen atoms in total. The van der Waals surface area contributed by atoms with Gasteiger partial charge in [0.05, 0.1) is 0 Å². The first-order valence-electron chi connectivity index (χ1n) is 19.8. The van der Waals surface area contributed by atoms with Gasteiger partial charge in [0.25, 0.3) is 0 Å². The van der Waals surface area contributed by atoms with Crippen LogP contribution >= 0.6 is 11.3 Å². The standard InChI is InChI=1S/C55H39NS/c1-55(2)50-18-10-8-16-46(50)47-31-30-44(35-51(47)55)56(42-26-22-38(23-27-42)36-12-4-3-5-13-36)43-28-24-39(25-29-43)45-32-33-49-48-17-9-11-19-52(48)57-54(49)53(45)41-21-20-37-14-6-7-15-40(37)34-41/h3-35H,1-2H3. The lowest BCUT2D eigenvalue weighted by Crippen LogP contribution is -2.16. The summed E-state index contributed by atoms with van der Waals surface area (Å²) in [6.45, 7) is 4.71. The zero-order valence-electron chi connectivity index (χ0n) is 31.9. The van der Waals surface area contributed by atoms with Gasteiger partial charge in [-0.2, -0.15) is 0 Å². The Kier molecular flexibility index (Phi) is 7.77. The van der Waals surface area contributed by atoms with Crippen molar-refractivity contribution in [3.8, 4) is 44.5 Å². The van der Waals surface area contributed by atoms with Crippen LogP contribution < -0.4 is 4.90 Å². The van der Waals surface area contributed by atoms with Crippen molar-refractivity contribution in [3.63, 3.8) is 0 Å². The quantitative estimate of drug-likeness (QED) is 0.164. The van der Waals surface area contributed by atoms with Crippen LogP contribution in [0.3, 0.4) is 0 Å². The fourth-order valence-electron chi connectivity index (χ4n) is 9.16. The minimum atomic E-state index is -0.0982. The molecule has 11 rings (SSSR count). The molecule has 1 heterocycles. The highest BCUT2D eigenvalue weighted by Crippen LogP contribution is 2.51. The highest BCUT2D eigenvalue weighted by atomic mass is 32.1. The van der Waals surface area contributed by atoms with Crippen molar-refractivity contribution in [1.82, 2.24) is 0 Å². The fraction of sp³-hybridized carbons (Fsp3) is 0.0545. The molecule has 0 aliphatic heterocycles. The van der Waals surface area contributed by atoms with Gasteiger partial charge in [0.2, 0.25) is 0 Å². The van der Waals surface area contributed by atoms with Crippen LogP contribution in [-0.2, 0) is 5.41 Å². The summed E-state index contributed by atoms with van der Waals surface area (Å²) >= 11 is 1.90. The highest BCUT2D eigenvalue weighted by Gasteiger charge is 2.35. The number of rotatable bonds is 6. The fourth-order valence-corrected chi connectivity index (χ4v) is 10.4. The maximum atomic E-state index is 2.42. The Morgan fingerprint density at radius 3 is 1.79 bits per heavy atom. The summed E-state index contributed by atoms with van der Waals surface area (Å²) in [4.78, 5) is 2.41. The Morgan fingerprint density at radius 1 is 0.386 bits per heavy atom. The molecular weight excluding hydrogens is 707 g/mol. The average Bonchev–Trinajstić information content (AvgIpc) is 3.76. The Hall–Kier alpha value is -6.74. The zero-order chi connectivity index (χ0) is 38.1. The molecule has 0 amide bonds. The molecule has 0 fully saturated rings. The third-order valence-corrected chi connectivity index (χ3v) is 13.3. The van der Waals surface area contributed by atoms with Crippen LogP contribution in [0.15, 0.2) is 200 Å². The van der Waals surface area contributed by atoms with Gasteiger partial charge in [-0.15, -0.1) is 11.3 Å². The maximum Gasteiger partial charge on any atom is 0.0465 e. The van der Waals surface area contributed by atoms with Crippen LogP contribution in [0.25, 0.3) is 75.5 Å². The lowest BCUT2D eigenvalue weighted by Gasteiger charge is -2.28. The van der Waals surface area contributed by atoms with Crippen LogP contribution in [0.1, 0.15) is 25.0 Å². The summed E-state index contributed by atoms with van der Waals surface area (Å²) in [5.74, 6) is 0. The minimum Gasteiger partial charge on any atom is -0.310 e. The molecule has 1 aromatic heterocycles. The zero-order valence-corrected chi connectivity index (χ0v) is 32.7. The molecule has 1 aliphatic carbocycles. The summed E-state index contributed by atoms with van der Waals surface area (Å²) in [6, 6.07) is 73.8. The Bertz CT molecular complexity index is 3130. The molecule has 0 saturated carbocycles. The molecule has 0 bridgehead atoms. The average molecular weight is 746 g/mol. The van der Waals surface area contributed by atoms with Gasteiger partial charge in [0, 0.05) is 48.2 Å². The van der Waals surface area contributed by atoms with Gasteiger partial charge in [0.15, 0.2) is 0 Å². The van der Waals surface area contributed by atoms with Gasteiger partial charge < -0.3 is 4.90 Å². The number of hydrogen-bond donors (Lipinski definition) is 0. The maximum absolute atomic E-state index is 2.42. The molecule has 0 spiro atoms. The van der Waals surface area contributed by atoms with E-state index in [1.165, 1.54) is 86.6 Å². The third kappa shape index (κ3) is 5.51. The van der Waals surface area contributed by atoms with Crippen LogP contribution in [-0.4, -0.2) is 0 Å². The van der Waals surface area contributed by atoms with Crippen LogP contribution in [0.2, 0.25) is 0 Å². The van der Waals surface area contributed by atoms with Crippen molar-refractivity contribution in [1.29, 1.82) is 0 Å². The van der Waals surface area contributed by atoms with Crippen LogP contribution in [0, 0.1) is 0 Å². The van der Waals surface area contributed by atoms with Gasteiger partial charge >= 0.3 is 0 Å². The third-order valence-electron chi connectivity index (χ3n) is 12.1. The SMILES string of the molecule is CC1(C)c2ccccc2-c2ccc(N(c3ccc(-c4ccccc4)cc3)c3ccc(-c4ccc5c(sc6ccccc65)c4-c4ccc5ccccc5c4)cc3)cc21. The van der Waals surface area contributed by atoms with Crippen molar-refractivity contribution in [3.05, 3.63) is 211 Å². The van der Waals surface area contributed by atoms with E-state index in [-0.39, 0.29) is 5.41 Å². The lowest BCUT2D eigenvalue weighted by molar-refractivity contribution is 0.660. The van der Waals surface area contributed by atoms with Gasteiger partial charge in [-0.1, -0.05) is 166 Å². The van der Waals surface area contributed by atoms with Gasteiger partial charge in [-0.3, -0.25) is 0 Å². The van der Waals surface area contributed by atoms with E-state index >= 15 is 0 Å². The molecule has 1 aliphatic rings. The predicted octanol–water partition coefficient (Wildman–Crippen LogP) is 16.0. The van der Waals surface area contributed by atoms with E-state index in [9.17, 15) is 0 Å². The molecule has 0 radical (unpaired) electrons. The number of anilines is 3. The van der Waals surface area contributed by atoms with E-state index in [1.54, 1.807) is 0 Å². The summed E-state index contributed by atoms with van der Waals surface area (Å²) in [5.41, 5.74) is 16.1. The summed E-state index contributed by atoms with van der Waals surface area (Å²) in [5, 5.41) is 5.14. The first-order chi connectivity index (χ1) is 28.0. The molecule has 0 atom stereocenters. The molecule has 10 aromatic rings. The Morgan fingerprint density at radius 2 is 0.982 bits per heavy atom. The second-order valence-corrected chi connectivity index (χ2v) is 16.8. The molecule has 9 aromatic carbocycles. The van der Waals surface area contributed by atoms with Crippen molar-refractivity contribution in [2.24, 2.45) is 0 Å². The van der Waals surface area contributed by atoms with Crippen LogP contribution in [0.5, 0.6) is 0 Å². The Labute approximate surface area is 337 Å². The van der Waals surface area contributed by atoms with Crippen molar-refractivity contribution in [2.45, 2.75) is 19.3 Å². The molecule has 57 heavy (non-hydrogen) atoms. The van der Waals surface area contributed by atoms with Gasteiger partial charge in [-0.25, -0.2) is 0 Å². The van der Waals surface area contributed by atoms with Crippen LogP contribution in [0.4, 0.5) is 17.1 Å². The first kappa shape index (κ1) is 33.6. The molecular formula is C55H39NS. The second-order valence-electron chi connectivity index (χ2n) is 15.7. The monoisotopic (exact) mass is 745 g/mol. The first-order valence-corrected chi connectivity index (χ1v) is 20.6. The Balaban J connectivity index is 1.06. The van der Waals surface area contributed by atoms with Crippen molar-refractivity contribution < 1.29 is 0 Å². The normalized spacial score (nSPS) is 12.9. The molecule has 270 valence electrons. The van der Waals surface area contributed by atoms with E-state index in [1.807, 2.05) is 11.3 Å². The second kappa shape index (κ2) is 13.2. The minimum absolute atomic E-state index is 0.0982. The number of nitrogens with zero attached hydrogens (tertiary/aromatic N) is 1. The predicted molar refractivity (Wildman–Crippen MR) is 245 cm³/mol. The van der Waals surface area contributed by atoms with E-state index in [2.05, 4.69) is 219 Å². The molecule has 0 unspecified atom stereocenters. The number of thiophene rings is 1. The molecule has 0 saturated heterocycles. The van der Waals surface area contributed by atoms with E-state index < -0.39 is 0 Å². The lowest BCUT2D eigenvalue weighted by atomic mass is 9.82. The molecule has 2 heteroatoms. The highest BCUT2D eigenvalue weighted by molar-refractivity contribution is 7.26. The van der Waals surface area contributed by atoms with E-state index in [4.69, 9.17) is 0 Å². The number of fused-ring (bicyclic) bond motifs is 7. The summed E-state index contributed by atoms with van der Waals surface area (Å²) < 4.78 is 2.64. The summed E-state index contributed by atoms with van der Waals surface area (Å²) in [7, 11) is 0. The van der Waals surface area contributed by atoms with E-state index in [0.29, 0.717) is 0 Å².